The Morgan fingerprint density at radius 3 is 2.67 bits per heavy atom. The van der Waals surface area contributed by atoms with Crippen LogP contribution < -0.4 is 0 Å². The number of carbonyl (C=O) groups is 1. The Morgan fingerprint density at radius 2 is 2.00 bits per heavy atom. The van der Waals surface area contributed by atoms with Gasteiger partial charge in [0.15, 0.2) is 0 Å². The molecule has 1 aromatic carbocycles. The molecule has 0 saturated carbocycles. The topological polar surface area (TPSA) is 66.8 Å². The summed E-state index contributed by atoms with van der Waals surface area (Å²) in [5, 5.41) is 19.6. The van der Waals surface area contributed by atoms with E-state index in [0.717, 1.165) is 5.56 Å². The minimum atomic E-state index is -2.00. The molecule has 1 aliphatic carbocycles. The van der Waals surface area contributed by atoms with Crippen molar-refractivity contribution in [3.8, 4) is 0 Å². The second kappa shape index (κ2) is 5.16. The molecule has 1 aromatic rings. The third kappa shape index (κ3) is 2.50. The monoisotopic (exact) mass is 246 g/mol. The Hall–Kier alpha value is -1.91. The fourth-order valence-corrected chi connectivity index (χ4v) is 1.64. The summed E-state index contributed by atoms with van der Waals surface area (Å²) in [5.74, 6) is -0.862. The van der Waals surface area contributed by atoms with E-state index < -0.39 is 17.7 Å². The quantitative estimate of drug-likeness (QED) is 0.779. The van der Waals surface area contributed by atoms with Crippen molar-refractivity contribution in [2.75, 3.05) is 0 Å². The summed E-state index contributed by atoms with van der Waals surface area (Å²) in [6, 6.07) is 9.14. The van der Waals surface area contributed by atoms with Gasteiger partial charge in [-0.25, -0.2) is 4.79 Å². The average Bonchev–Trinajstić information content (AvgIpc) is 2.40. The van der Waals surface area contributed by atoms with Gasteiger partial charge in [0, 0.05) is 0 Å². The molecular weight excluding hydrogens is 232 g/mol. The third-order valence-corrected chi connectivity index (χ3v) is 2.75. The van der Waals surface area contributed by atoms with E-state index >= 15 is 0 Å². The predicted molar refractivity (Wildman–Crippen MR) is 65.5 cm³/mol. The van der Waals surface area contributed by atoms with Gasteiger partial charge in [-0.3, -0.25) is 0 Å². The van der Waals surface area contributed by atoms with E-state index in [1.54, 1.807) is 6.08 Å². The summed E-state index contributed by atoms with van der Waals surface area (Å²) in [6.45, 7) is 0.0618. The maximum absolute atomic E-state index is 11.8. The zero-order chi connectivity index (χ0) is 13.0. The van der Waals surface area contributed by atoms with E-state index in [1.807, 2.05) is 30.3 Å². The molecule has 0 fully saturated rings. The second-order valence-electron chi connectivity index (χ2n) is 4.08. The van der Waals surface area contributed by atoms with Crippen LogP contribution >= 0.6 is 0 Å². The lowest BCUT2D eigenvalue weighted by atomic mass is 9.92. The van der Waals surface area contributed by atoms with Gasteiger partial charge in [-0.05, 0) is 11.6 Å². The molecule has 0 bridgehead atoms. The Labute approximate surface area is 105 Å². The molecule has 2 N–H and O–H groups in total. The van der Waals surface area contributed by atoms with Gasteiger partial charge in [-0.2, -0.15) is 0 Å². The highest BCUT2D eigenvalue weighted by molar-refractivity contribution is 5.83. The van der Waals surface area contributed by atoms with Gasteiger partial charge in [0.2, 0.25) is 5.60 Å². The van der Waals surface area contributed by atoms with Crippen LogP contribution in [0.5, 0.6) is 0 Å². The summed E-state index contributed by atoms with van der Waals surface area (Å²) in [7, 11) is 0. The number of esters is 1. The SMILES string of the molecule is O=C(OCc1ccccc1)C1(O)C=CC=CC1O. The van der Waals surface area contributed by atoms with E-state index in [1.165, 1.54) is 18.2 Å². The van der Waals surface area contributed by atoms with Gasteiger partial charge < -0.3 is 14.9 Å². The number of hydrogen-bond acceptors (Lipinski definition) is 4. The van der Waals surface area contributed by atoms with Crippen LogP contribution in [-0.2, 0) is 16.1 Å². The maximum Gasteiger partial charge on any atom is 0.345 e. The van der Waals surface area contributed by atoms with Crippen LogP contribution in [0.15, 0.2) is 54.6 Å². The number of aliphatic hydroxyl groups excluding tert-OH is 1. The minimum absolute atomic E-state index is 0.0618. The second-order valence-corrected chi connectivity index (χ2v) is 4.08. The molecule has 4 nitrogen and oxygen atoms in total. The molecule has 0 radical (unpaired) electrons. The molecule has 0 heterocycles. The number of allylic oxidation sites excluding steroid dienone is 2. The van der Waals surface area contributed by atoms with Crippen molar-refractivity contribution in [1.82, 2.24) is 0 Å². The summed E-state index contributed by atoms with van der Waals surface area (Å²) < 4.78 is 5.01. The lowest BCUT2D eigenvalue weighted by Crippen LogP contribution is -2.48. The van der Waals surface area contributed by atoms with Crippen molar-refractivity contribution in [2.45, 2.75) is 18.3 Å². The summed E-state index contributed by atoms with van der Waals surface area (Å²) in [4.78, 5) is 11.8. The first-order valence-corrected chi connectivity index (χ1v) is 5.60. The highest BCUT2D eigenvalue weighted by Gasteiger charge is 2.42. The molecule has 0 aromatic heterocycles. The standard InChI is InChI=1S/C14H14O4/c15-12-8-4-5-9-14(12,17)13(16)18-10-11-6-2-1-3-7-11/h1-9,12,15,17H,10H2. The molecule has 18 heavy (non-hydrogen) atoms. The number of benzene rings is 1. The zero-order valence-corrected chi connectivity index (χ0v) is 9.69. The van der Waals surface area contributed by atoms with E-state index in [4.69, 9.17) is 4.74 Å². The van der Waals surface area contributed by atoms with Gasteiger partial charge in [-0.1, -0.05) is 48.6 Å². The van der Waals surface area contributed by atoms with Gasteiger partial charge >= 0.3 is 5.97 Å². The van der Waals surface area contributed by atoms with Crippen molar-refractivity contribution in [2.24, 2.45) is 0 Å². The predicted octanol–water partition coefficient (Wildman–Crippen LogP) is 0.948. The summed E-state index contributed by atoms with van der Waals surface area (Å²) in [5.41, 5.74) is -1.18. The van der Waals surface area contributed by atoms with E-state index in [9.17, 15) is 15.0 Å². The summed E-state index contributed by atoms with van der Waals surface area (Å²) >= 11 is 0. The van der Waals surface area contributed by atoms with Gasteiger partial charge in [0.25, 0.3) is 0 Å². The van der Waals surface area contributed by atoms with E-state index in [0.29, 0.717) is 0 Å². The van der Waals surface area contributed by atoms with Crippen LogP contribution in [0.1, 0.15) is 5.56 Å². The molecule has 0 aliphatic heterocycles. The first-order valence-electron chi connectivity index (χ1n) is 5.60. The fourth-order valence-electron chi connectivity index (χ4n) is 1.64. The molecule has 2 unspecified atom stereocenters. The number of carbonyl (C=O) groups excluding carboxylic acids is 1. The first-order chi connectivity index (χ1) is 8.63. The van der Waals surface area contributed by atoms with Gasteiger partial charge in [0.1, 0.15) is 12.7 Å². The van der Waals surface area contributed by atoms with Crippen LogP contribution in [0.25, 0.3) is 0 Å². The third-order valence-electron chi connectivity index (χ3n) is 2.75. The van der Waals surface area contributed by atoms with Crippen LogP contribution in [0, 0.1) is 0 Å². The lowest BCUT2D eigenvalue weighted by Gasteiger charge is -2.27. The van der Waals surface area contributed by atoms with Crippen molar-refractivity contribution >= 4 is 5.97 Å². The molecular formula is C14H14O4. The summed E-state index contributed by atoms with van der Waals surface area (Å²) in [6.07, 6.45) is 4.33. The molecule has 0 spiro atoms. The molecule has 4 heteroatoms. The highest BCUT2D eigenvalue weighted by atomic mass is 16.6. The molecule has 1 aliphatic rings. The number of ether oxygens (including phenoxy) is 1. The van der Waals surface area contributed by atoms with E-state index in [2.05, 4.69) is 0 Å². The molecule has 94 valence electrons. The smallest absolute Gasteiger partial charge is 0.345 e. The van der Waals surface area contributed by atoms with Gasteiger partial charge in [0.05, 0.1) is 0 Å². The van der Waals surface area contributed by atoms with Gasteiger partial charge in [-0.15, -0.1) is 0 Å². The normalized spacial score (nSPS) is 26.0. The highest BCUT2D eigenvalue weighted by Crippen LogP contribution is 2.20. The number of aliphatic hydroxyl groups is 2. The minimum Gasteiger partial charge on any atom is -0.458 e. The molecule has 2 rings (SSSR count). The van der Waals surface area contributed by atoms with Crippen LogP contribution in [-0.4, -0.2) is 27.9 Å². The molecule has 2 atom stereocenters. The largest absolute Gasteiger partial charge is 0.458 e. The Morgan fingerprint density at radius 1 is 1.28 bits per heavy atom. The van der Waals surface area contributed by atoms with E-state index in [-0.39, 0.29) is 6.61 Å². The van der Waals surface area contributed by atoms with Crippen LogP contribution in [0.2, 0.25) is 0 Å². The van der Waals surface area contributed by atoms with Crippen LogP contribution in [0.3, 0.4) is 0 Å². The molecule has 0 saturated heterocycles. The first kappa shape index (κ1) is 12.5. The van der Waals surface area contributed by atoms with Crippen molar-refractivity contribution in [3.05, 3.63) is 60.2 Å². The maximum atomic E-state index is 11.8. The lowest BCUT2D eigenvalue weighted by molar-refractivity contribution is -0.169. The molecule has 0 amide bonds. The Kier molecular flexibility index (Phi) is 3.60. The average molecular weight is 246 g/mol. The fraction of sp³-hybridized carbons (Fsp3) is 0.214. The van der Waals surface area contributed by atoms with Crippen LogP contribution in [0.4, 0.5) is 0 Å². The van der Waals surface area contributed by atoms with Crippen molar-refractivity contribution < 1.29 is 19.7 Å². The zero-order valence-electron chi connectivity index (χ0n) is 9.69. The number of rotatable bonds is 3. The van der Waals surface area contributed by atoms with Crippen molar-refractivity contribution in [1.29, 1.82) is 0 Å². The Bertz CT molecular complexity index is 478. The van der Waals surface area contributed by atoms with Crippen molar-refractivity contribution in [3.63, 3.8) is 0 Å². The Balaban J connectivity index is 2.00. The number of hydrogen-bond donors (Lipinski definition) is 2.